The summed E-state index contributed by atoms with van der Waals surface area (Å²) in [6, 6.07) is 13.8. The molecule has 31 heavy (non-hydrogen) atoms. The van der Waals surface area contributed by atoms with Crippen LogP contribution in [0.25, 0.3) is 0 Å². The zero-order chi connectivity index (χ0) is 22.2. The van der Waals surface area contributed by atoms with Crippen molar-refractivity contribution in [2.75, 3.05) is 19.6 Å². The number of hydrogen-bond acceptors (Lipinski definition) is 8. The van der Waals surface area contributed by atoms with Crippen LogP contribution in [0.3, 0.4) is 0 Å². The summed E-state index contributed by atoms with van der Waals surface area (Å²) >= 11 is 1.21. The van der Waals surface area contributed by atoms with E-state index in [1.807, 2.05) is 37.3 Å². The molecule has 0 aliphatic carbocycles. The van der Waals surface area contributed by atoms with Crippen molar-refractivity contribution in [1.29, 1.82) is 0 Å². The van der Waals surface area contributed by atoms with Crippen molar-refractivity contribution in [3.63, 3.8) is 0 Å². The lowest BCUT2D eigenvalue weighted by atomic mass is 10.2. The first-order chi connectivity index (χ1) is 15.0. The Kier molecular flexibility index (Phi) is 7.61. The van der Waals surface area contributed by atoms with Crippen LogP contribution in [0.2, 0.25) is 0 Å². The van der Waals surface area contributed by atoms with E-state index in [1.54, 1.807) is 13.3 Å². The second-order valence-corrected chi connectivity index (χ2v) is 7.69. The SMILES string of the molecule is CCc1nc(N/N=C\c2ccc(OCc3ccc(C)cc3)c(OC)c2)sc1C(=O)OC. The number of thiazole rings is 1. The van der Waals surface area contributed by atoms with E-state index in [1.165, 1.54) is 24.0 Å². The lowest BCUT2D eigenvalue weighted by Crippen LogP contribution is -2.01. The number of anilines is 1. The van der Waals surface area contributed by atoms with Gasteiger partial charge < -0.3 is 14.2 Å². The zero-order valence-corrected chi connectivity index (χ0v) is 18.8. The smallest absolute Gasteiger partial charge is 0.350 e. The van der Waals surface area contributed by atoms with E-state index in [0.29, 0.717) is 40.2 Å². The maximum absolute atomic E-state index is 11.8. The van der Waals surface area contributed by atoms with E-state index >= 15 is 0 Å². The average Bonchev–Trinajstić information content (AvgIpc) is 3.21. The van der Waals surface area contributed by atoms with Crippen LogP contribution in [-0.4, -0.2) is 31.4 Å². The molecule has 0 spiro atoms. The molecule has 0 radical (unpaired) electrons. The van der Waals surface area contributed by atoms with E-state index < -0.39 is 5.97 Å². The number of nitrogens with one attached hydrogen (secondary N) is 1. The molecular weight excluding hydrogens is 414 g/mol. The highest BCUT2D eigenvalue weighted by Gasteiger charge is 2.17. The molecule has 0 atom stereocenters. The number of methoxy groups -OCH3 is 2. The molecule has 2 aromatic carbocycles. The molecule has 0 fully saturated rings. The van der Waals surface area contributed by atoms with Gasteiger partial charge in [-0.2, -0.15) is 5.10 Å². The average molecular weight is 440 g/mol. The predicted molar refractivity (Wildman–Crippen MR) is 123 cm³/mol. The maximum Gasteiger partial charge on any atom is 0.350 e. The molecule has 0 unspecified atom stereocenters. The monoisotopic (exact) mass is 439 g/mol. The largest absolute Gasteiger partial charge is 0.493 e. The normalized spacial score (nSPS) is 10.8. The van der Waals surface area contributed by atoms with Crippen LogP contribution in [0.5, 0.6) is 11.5 Å². The number of rotatable bonds is 9. The van der Waals surface area contributed by atoms with Crippen molar-refractivity contribution in [3.05, 3.63) is 69.7 Å². The van der Waals surface area contributed by atoms with Crippen molar-refractivity contribution in [2.24, 2.45) is 5.10 Å². The molecule has 0 aliphatic heterocycles. The van der Waals surface area contributed by atoms with Crippen LogP contribution in [0.4, 0.5) is 5.13 Å². The van der Waals surface area contributed by atoms with Gasteiger partial charge in [-0.3, -0.25) is 5.43 Å². The minimum Gasteiger partial charge on any atom is -0.493 e. The van der Waals surface area contributed by atoms with Crippen LogP contribution in [0.1, 0.15) is 39.0 Å². The molecular formula is C23H25N3O4S. The number of carbonyl (C=O) groups excluding carboxylic acids is 1. The van der Waals surface area contributed by atoms with Gasteiger partial charge in [0.05, 0.1) is 26.1 Å². The van der Waals surface area contributed by atoms with Gasteiger partial charge in [-0.1, -0.05) is 48.1 Å². The molecule has 1 heterocycles. The summed E-state index contributed by atoms with van der Waals surface area (Å²) in [6.45, 7) is 4.44. The molecule has 1 aromatic heterocycles. The van der Waals surface area contributed by atoms with Crippen molar-refractivity contribution < 1.29 is 19.0 Å². The molecule has 0 amide bonds. The second kappa shape index (κ2) is 10.6. The van der Waals surface area contributed by atoms with Gasteiger partial charge in [0.2, 0.25) is 5.13 Å². The van der Waals surface area contributed by atoms with E-state index in [-0.39, 0.29) is 0 Å². The van der Waals surface area contributed by atoms with Gasteiger partial charge in [-0.15, -0.1) is 0 Å². The third-order valence-electron chi connectivity index (χ3n) is 4.48. The van der Waals surface area contributed by atoms with E-state index in [2.05, 4.69) is 34.6 Å². The Morgan fingerprint density at radius 1 is 1.16 bits per heavy atom. The number of hydrazone groups is 1. The Morgan fingerprint density at radius 2 is 1.94 bits per heavy atom. The highest BCUT2D eigenvalue weighted by molar-refractivity contribution is 7.17. The van der Waals surface area contributed by atoms with Gasteiger partial charge in [0, 0.05) is 0 Å². The Bertz CT molecular complexity index is 1060. The maximum atomic E-state index is 11.8. The van der Waals surface area contributed by atoms with Crippen LogP contribution < -0.4 is 14.9 Å². The Labute approximate surface area is 185 Å². The molecule has 0 saturated heterocycles. The zero-order valence-electron chi connectivity index (χ0n) is 18.0. The van der Waals surface area contributed by atoms with Gasteiger partial charge in [-0.05, 0) is 42.7 Å². The standard InChI is InChI=1S/C23H25N3O4S/c1-5-18-21(22(27)29-4)31-23(25-18)26-24-13-17-10-11-19(20(12-17)28-3)30-14-16-8-6-15(2)7-9-16/h6-13H,5,14H2,1-4H3,(H,25,26)/b24-13-. The van der Waals surface area contributed by atoms with Crippen LogP contribution in [0.15, 0.2) is 47.6 Å². The van der Waals surface area contributed by atoms with Gasteiger partial charge >= 0.3 is 5.97 Å². The first-order valence-electron chi connectivity index (χ1n) is 9.77. The van der Waals surface area contributed by atoms with Crippen molar-refractivity contribution in [1.82, 2.24) is 4.98 Å². The van der Waals surface area contributed by atoms with Crippen molar-refractivity contribution in [2.45, 2.75) is 26.9 Å². The first kappa shape index (κ1) is 22.3. The minimum absolute atomic E-state index is 0.391. The molecule has 8 heteroatoms. The molecule has 0 aliphatic rings. The fraction of sp³-hybridized carbons (Fsp3) is 0.261. The predicted octanol–water partition coefficient (Wildman–Crippen LogP) is 4.83. The molecule has 0 bridgehead atoms. The number of carbonyl (C=O) groups is 1. The molecule has 3 rings (SSSR count). The third-order valence-corrected chi connectivity index (χ3v) is 5.46. The molecule has 162 valence electrons. The van der Waals surface area contributed by atoms with Gasteiger partial charge in [0.25, 0.3) is 0 Å². The van der Waals surface area contributed by atoms with E-state index in [0.717, 1.165) is 11.1 Å². The summed E-state index contributed by atoms with van der Waals surface area (Å²) < 4.78 is 16.2. The second-order valence-electron chi connectivity index (χ2n) is 6.69. The minimum atomic E-state index is -0.391. The van der Waals surface area contributed by atoms with Gasteiger partial charge in [0.15, 0.2) is 11.5 Å². The number of aryl methyl sites for hydroxylation is 2. The molecule has 3 aromatic rings. The highest BCUT2D eigenvalue weighted by Crippen LogP contribution is 2.29. The fourth-order valence-corrected chi connectivity index (χ4v) is 3.70. The number of esters is 1. The summed E-state index contributed by atoms with van der Waals surface area (Å²) in [5, 5.41) is 4.74. The summed E-state index contributed by atoms with van der Waals surface area (Å²) in [4.78, 5) is 16.7. The number of ether oxygens (including phenoxy) is 3. The van der Waals surface area contributed by atoms with Crippen molar-refractivity contribution >= 4 is 28.7 Å². The lowest BCUT2D eigenvalue weighted by Gasteiger charge is -2.11. The van der Waals surface area contributed by atoms with Crippen LogP contribution in [-0.2, 0) is 17.8 Å². The number of hydrogen-bond donors (Lipinski definition) is 1. The summed E-state index contributed by atoms with van der Waals surface area (Å²) in [5.74, 6) is 0.882. The van der Waals surface area contributed by atoms with Crippen LogP contribution in [0, 0.1) is 6.92 Å². The number of nitrogens with zero attached hydrogens (tertiary/aromatic N) is 2. The Morgan fingerprint density at radius 3 is 2.61 bits per heavy atom. The molecule has 1 N–H and O–H groups in total. The lowest BCUT2D eigenvalue weighted by molar-refractivity contribution is 0.0605. The highest BCUT2D eigenvalue weighted by atomic mass is 32.1. The summed E-state index contributed by atoms with van der Waals surface area (Å²) in [6.07, 6.45) is 2.28. The summed E-state index contributed by atoms with van der Waals surface area (Å²) in [5.41, 5.74) is 6.68. The van der Waals surface area contributed by atoms with E-state index in [4.69, 9.17) is 14.2 Å². The number of benzene rings is 2. The number of aromatic nitrogens is 1. The first-order valence-corrected chi connectivity index (χ1v) is 10.6. The summed E-state index contributed by atoms with van der Waals surface area (Å²) in [7, 11) is 2.96. The van der Waals surface area contributed by atoms with Gasteiger partial charge in [-0.25, -0.2) is 9.78 Å². The fourth-order valence-electron chi connectivity index (χ4n) is 2.78. The molecule has 0 saturated carbocycles. The Balaban J connectivity index is 1.65. The van der Waals surface area contributed by atoms with Gasteiger partial charge in [0.1, 0.15) is 11.5 Å². The van der Waals surface area contributed by atoms with Crippen LogP contribution >= 0.6 is 11.3 Å². The van der Waals surface area contributed by atoms with E-state index in [9.17, 15) is 4.79 Å². The quantitative estimate of drug-likeness (QED) is 0.292. The molecule has 7 nitrogen and oxygen atoms in total. The third kappa shape index (κ3) is 5.82. The topological polar surface area (TPSA) is 82.0 Å². The van der Waals surface area contributed by atoms with Crippen molar-refractivity contribution in [3.8, 4) is 11.5 Å². The Hall–Kier alpha value is -3.39.